The zero-order valence-electron chi connectivity index (χ0n) is 14.7. The van der Waals surface area contributed by atoms with Gasteiger partial charge in [0.15, 0.2) is 11.5 Å². The van der Waals surface area contributed by atoms with Crippen molar-refractivity contribution >= 4 is 17.4 Å². The van der Waals surface area contributed by atoms with Crippen LogP contribution in [0.3, 0.4) is 0 Å². The number of hydrogen-bond acceptors (Lipinski definition) is 3. The molecule has 2 aromatic heterocycles. The molecule has 1 amide bonds. The number of nitrogens with one attached hydrogen (secondary N) is 1. The highest BCUT2D eigenvalue weighted by Gasteiger charge is 2.22. The van der Waals surface area contributed by atoms with Gasteiger partial charge in [0.1, 0.15) is 5.82 Å². The molecule has 1 saturated carbocycles. The number of halogens is 1. The third kappa shape index (κ3) is 3.19. The number of rotatable bonds is 4. The Morgan fingerprint density at radius 1 is 1.35 bits per heavy atom. The second-order valence-electron chi connectivity index (χ2n) is 6.98. The zero-order valence-corrected chi connectivity index (χ0v) is 14.7. The van der Waals surface area contributed by atoms with Crippen LogP contribution in [0.1, 0.15) is 37.7 Å². The van der Waals surface area contributed by atoms with Crippen LogP contribution in [0.5, 0.6) is 0 Å². The number of nitrogens with zero attached hydrogens (tertiary/aromatic N) is 3. The number of benzene rings is 1. The maximum absolute atomic E-state index is 13.7. The van der Waals surface area contributed by atoms with Crippen molar-refractivity contribution in [3.63, 3.8) is 0 Å². The van der Waals surface area contributed by atoms with Gasteiger partial charge in [-0.2, -0.15) is 0 Å². The fraction of sp³-hybridized carbons (Fsp3) is 0.350. The Kier molecular flexibility index (Phi) is 4.41. The van der Waals surface area contributed by atoms with Gasteiger partial charge in [-0.15, -0.1) is 5.10 Å². The van der Waals surface area contributed by atoms with E-state index in [1.807, 2.05) is 0 Å². The van der Waals surface area contributed by atoms with Crippen molar-refractivity contribution in [2.24, 2.45) is 5.92 Å². The first kappa shape index (κ1) is 16.7. The molecule has 0 radical (unpaired) electrons. The van der Waals surface area contributed by atoms with Crippen LogP contribution in [0.25, 0.3) is 16.8 Å². The summed E-state index contributed by atoms with van der Waals surface area (Å²) >= 11 is 0. The summed E-state index contributed by atoms with van der Waals surface area (Å²) in [6, 6.07) is 6.67. The predicted molar refractivity (Wildman–Crippen MR) is 98.3 cm³/mol. The SMILES string of the molecule is Cc1cc(-c2c(NC(=O)CC3CCCC3)nn3cccnc23)ccc1F. The topological polar surface area (TPSA) is 59.3 Å². The van der Waals surface area contributed by atoms with Gasteiger partial charge in [-0.25, -0.2) is 13.9 Å². The molecular formula is C20H21FN4O. The summed E-state index contributed by atoms with van der Waals surface area (Å²) in [5, 5.41) is 7.44. The average molecular weight is 352 g/mol. The highest BCUT2D eigenvalue weighted by molar-refractivity contribution is 5.97. The summed E-state index contributed by atoms with van der Waals surface area (Å²) in [6.45, 7) is 1.72. The van der Waals surface area contributed by atoms with Gasteiger partial charge in [0.25, 0.3) is 0 Å². The van der Waals surface area contributed by atoms with Crippen LogP contribution < -0.4 is 5.32 Å². The summed E-state index contributed by atoms with van der Waals surface area (Å²) in [5.41, 5.74) is 2.68. The van der Waals surface area contributed by atoms with Crippen LogP contribution in [0.15, 0.2) is 36.7 Å². The van der Waals surface area contributed by atoms with Crippen LogP contribution in [-0.2, 0) is 4.79 Å². The van der Waals surface area contributed by atoms with E-state index in [1.165, 1.54) is 18.9 Å². The fourth-order valence-corrected chi connectivity index (χ4v) is 3.70. The average Bonchev–Trinajstić information content (AvgIpc) is 3.24. The number of anilines is 1. The van der Waals surface area contributed by atoms with E-state index in [-0.39, 0.29) is 11.7 Å². The molecule has 0 spiro atoms. The molecule has 26 heavy (non-hydrogen) atoms. The Morgan fingerprint density at radius 3 is 2.92 bits per heavy atom. The first-order valence-corrected chi connectivity index (χ1v) is 9.01. The molecule has 0 atom stereocenters. The molecule has 1 aromatic carbocycles. The minimum atomic E-state index is -0.259. The number of aryl methyl sites for hydroxylation is 1. The second kappa shape index (κ2) is 6.86. The van der Waals surface area contributed by atoms with Gasteiger partial charge in [-0.05, 0) is 55.0 Å². The first-order chi connectivity index (χ1) is 12.6. The van der Waals surface area contributed by atoms with Crippen molar-refractivity contribution in [3.8, 4) is 11.1 Å². The van der Waals surface area contributed by atoms with Crippen molar-refractivity contribution in [1.82, 2.24) is 14.6 Å². The molecule has 6 heteroatoms. The number of carbonyl (C=O) groups excluding carboxylic acids is 1. The van der Waals surface area contributed by atoms with Gasteiger partial charge < -0.3 is 5.32 Å². The van der Waals surface area contributed by atoms with E-state index >= 15 is 0 Å². The monoisotopic (exact) mass is 352 g/mol. The highest BCUT2D eigenvalue weighted by Crippen LogP contribution is 2.33. The zero-order chi connectivity index (χ0) is 18.1. The summed E-state index contributed by atoms with van der Waals surface area (Å²) in [6.07, 6.45) is 8.63. The Morgan fingerprint density at radius 2 is 2.15 bits per heavy atom. The Balaban J connectivity index is 1.71. The van der Waals surface area contributed by atoms with Crippen LogP contribution >= 0.6 is 0 Å². The van der Waals surface area contributed by atoms with Crippen molar-refractivity contribution in [1.29, 1.82) is 0 Å². The van der Waals surface area contributed by atoms with Crippen LogP contribution in [0.4, 0.5) is 10.2 Å². The van der Waals surface area contributed by atoms with E-state index < -0.39 is 0 Å². The van der Waals surface area contributed by atoms with Gasteiger partial charge in [0.05, 0.1) is 5.56 Å². The Bertz CT molecular complexity index is 960. The Hall–Kier alpha value is -2.76. The minimum Gasteiger partial charge on any atom is -0.309 e. The van der Waals surface area contributed by atoms with Gasteiger partial charge in [-0.3, -0.25) is 4.79 Å². The fourth-order valence-electron chi connectivity index (χ4n) is 3.70. The molecule has 4 rings (SSSR count). The summed E-state index contributed by atoms with van der Waals surface area (Å²) in [7, 11) is 0. The number of hydrogen-bond donors (Lipinski definition) is 1. The Labute approximate surface area is 151 Å². The predicted octanol–water partition coefficient (Wildman–Crippen LogP) is 4.36. The molecule has 2 heterocycles. The third-order valence-corrected chi connectivity index (χ3v) is 5.05. The molecule has 134 valence electrons. The molecule has 5 nitrogen and oxygen atoms in total. The summed E-state index contributed by atoms with van der Waals surface area (Å²) < 4.78 is 15.3. The third-order valence-electron chi connectivity index (χ3n) is 5.05. The van der Waals surface area contributed by atoms with Crippen LogP contribution in [-0.4, -0.2) is 20.5 Å². The van der Waals surface area contributed by atoms with Gasteiger partial charge in [0, 0.05) is 18.8 Å². The second-order valence-corrected chi connectivity index (χ2v) is 6.98. The van der Waals surface area contributed by atoms with Crippen LogP contribution in [0.2, 0.25) is 0 Å². The summed E-state index contributed by atoms with van der Waals surface area (Å²) in [5.74, 6) is 0.643. The van der Waals surface area contributed by atoms with E-state index in [4.69, 9.17) is 0 Å². The van der Waals surface area contributed by atoms with Crippen molar-refractivity contribution < 1.29 is 9.18 Å². The molecule has 0 bridgehead atoms. The van der Waals surface area contributed by atoms with Gasteiger partial charge in [0.2, 0.25) is 5.91 Å². The number of amides is 1. The highest BCUT2D eigenvalue weighted by atomic mass is 19.1. The molecular weight excluding hydrogens is 331 g/mol. The van der Waals surface area contributed by atoms with E-state index in [1.54, 1.807) is 42.0 Å². The van der Waals surface area contributed by atoms with Crippen molar-refractivity contribution in [2.75, 3.05) is 5.32 Å². The van der Waals surface area contributed by atoms with Crippen molar-refractivity contribution in [3.05, 3.63) is 48.0 Å². The normalized spacial score (nSPS) is 14.8. The smallest absolute Gasteiger partial charge is 0.225 e. The molecule has 0 aliphatic heterocycles. The standard InChI is InChI=1S/C20H21FN4O/c1-13-11-15(7-8-16(13)21)18-19(24-25-10-4-9-22-20(18)25)23-17(26)12-14-5-2-3-6-14/h4,7-11,14H,2-3,5-6,12H2,1H3,(H,23,24,26). The summed E-state index contributed by atoms with van der Waals surface area (Å²) in [4.78, 5) is 16.9. The molecule has 3 aromatic rings. The number of aromatic nitrogens is 3. The van der Waals surface area contributed by atoms with Crippen LogP contribution in [0, 0.1) is 18.7 Å². The van der Waals surface area contributed by atoms with E-state index in [0.717, 1.165) is 18.4 Å². The lowest BCUT2D eigenvalue weighted by atomic mass is 10.0. The molecule has 1 aliphatic rings. The van der Waals surface area contributed by atoms with Crippen molar-refractivity contribution in [2.45, 2.75) is 39.0 Å². The lowest BCUT2D eigenvalue weighted by Gasteiger charge is -2.09. The number of carbonyl (C=O) groups is 1. The van der Waals surface area contributed by atoms with E-state index in [9.17, 15) is 9.18 Å². The van der Waals surface area contributed by atoms with E-state index in [0.29, 0.717) is 34.9 Å². The molecule has 0 unspecified atom stereocenters. The lowest BCUT2D eigenvalue weighted by molar-refractivity contribution is -0.117. The molecule has 1 aliphatic carbocycles. The minimum absolute atomic E-state index is 0.0274. The molecule has 0 saturated heterocycles. The molecule has 1 fully saturated rings. The first-order valence-electron chi connectivity index (χ1n) is 9.01. The van der Waals surface area contributed by atoms with E-state index in [2.05, 4.69) is 15.4 Å². The van der Waals surface area contributed by atoms with Gasteiger partial charge in [-0.1, -0.05) is 18.9 Å². The quantitative estimate of drug-likeness (QED) is 0.759. The maximum Gasteiger partial charge on any atom is 0.225 e. The largest absolute Gasteiger partial charge is 0.309 e. The molecule has 1 N–H and O–H groups in total. The maximum atomic E-state index is 13.7. The lowest BCUT2D eigenvalue weighted by Crippen LogP contribution is -2.16. The van der Waals surface area contributed by atoms with Gasteiger partial charge >= 0.3 is 0 Å². The number of fused-ring (bicyclic) bond motifs is 1.